The Morgan fingerprint density at radius 2 is 1.83 bits per heavy atom. The zero-order chi connectivity index (χ0) is 20.5. The Morgan fingerprint density at radius 1 is 1.00 bits per heavy atom. The molecule has 0 saturated carbocycles. The lowest BCUT2D eigenvalue weighted by atomic mass is 10.1. The first-order valence-corrected chi connectivity index (χ1v) is 9.63. The number of anilines is 2. The fraction of sp³-hybridized carbons (Fsp3) is 0.182. The number of benzene rings is 2. The average molecular weight is 406 g/mol. The van der Waals surface area contributed by atoms with E-state index in [1.54, 1.807) is 6.07 Å². The van der Waals surface area contributed by atoms with Gasteiger partial charge in [-0.2, -0.15) is 0 Å². The van der Waals surface area contributed by atoms with Crippen LogP contribution < -0.4 is 10.9 Å². The van der Waals surface area contributed by atoms with E-state index >= 15 is 0 Å². The smallest absolute Gasteiger partial charge is 0.256 e. The number of nitrogens with one attached hydrogen (secondary N) is 2. The topological polar surface area (TPSA) is 83.6 Å². The van der Waals surface area contributed by atoms with Crippen LogP contribution in [0.2, 0.25) is 5.02 Å². The second kappa shape index (κ2) is 7.64. The van der Waals surface area contributed by atoms with Gasteiger partial charge in [0.05, 0.1) is 16.9 Å². The zero-order valence-electron chi connectivity index (χ0n) is 16.4. The molecule has 0 radical (unpaired) electrons. The largest absolute Gasteiger partial charge is 0.294 e. The van der Waals surface area contributed by atoms with Crippen LogP contribution in [0.4, 0.5) is 11.9 Å². The second-order valence-electron chi connectivity index (χ2n) is 7.06. The summed E-state index contributed by atoms with van der Waals surface area (Å²) in [7, 11) is 0. The molecule has 0 atom stereocenters. The van der Waals surface area contributed by atoms with Gasteiger partial charge in [0, 0.05) is 22.4 Å². The standard InChI is InChI=1S/C22H20ClN5O/c1-12-7-8-17-13(2)24-21(26-19(17)9-12)28-22-25-14(3)18(20(29)27-22)11-15-5-4-6-16(23)10-15/h4-10H,11H2,1-3H3,(H2,24,25,26,27,28,29). The highest BCUT2D eigenvalue weighted by atomic mass is 35.5. The number of hydrogen-bond donors (Lipinski definition) is 2. The number of aromatic nitrogens is 4. The first-order chi connectivity index (χ1) is 13.9. The van der Waals surface area contributed by atoms with Crippen molar-refractivity contribution in [1.29, 1.82) is 0 Å². The van der Waals surface area contributed by atoms with E-state index in [4.69, 9.17) is 11.6 Å². The van der Waals surface area contributed by atoms with Crippen molar-refractivity contribution in [3.05, 3.63) is 85.9 Å². The highest BCUT2D eigenvalue weighted by Crippen LogP contribution is 2.20. The number of aryl methyl sites for hydroxylation is 3. The lowest BCUT2D eigenvalue weighted by Crippen LogP contribution is -2.19. The second-order valence-corrected chi connectivity index (χ2v) is 7.50. The van der Waals surface area contributed by atoms with Crippen LogP contribution in [-0.4, -0.2) is 19.9 Å². The van der Waals surface area contributed by atoms with Gasteiger partial charge in [-0.3, -0.25) is 15.1 Å². The van der Waals surface area contributed by atoms with E-state index in [2.05, 4.69) is 25.3 Å². The van der Waals surface area contributed by atoms with Crippen LogP contribution in [0, 0.1) is 20.8 Å². The highest BCUT2D eigenvalue weighted by molar-refractivity contribution is 6.30. The Labute approximate surface area is 173 Å². The van der Waals surface area contributed by atoms with Gasteiger partial charge in [0.15, 0.2) is 0 Å². The van der Waals surface area contributed by atoms with E-state index < -0.39 is 0 Å². The number of hydrogen-bond acceptors (Lipinski definition) is 5. The normalized spacial score (nSPS) is 11.0. The van der Waals surface area contributed by atoms with Crippen molar-refractivity contribution in [3.8, 4) is 0 Å². The van der Waals surface area contributed by atoms with Crippen molar-refractivity contribution >= 4 is 34.4 Å². The van der Waals surface area contributed by atoms with Crippen LogP contribution in [0.5, 0.6) is 0 Å². The molecule has 7 heteroatoms. The van der Waals surface area contributed by atoms with Gasteiger partial charge in [-0.05, 0) is 50.1 Å². The van der Waals surface area contributed by atoms with E-state index in [1.165, 1.54) is 0 Å². The molecule has 0 fully saturated rings. The molecule has 2 aromatic carbocycles. The van der Waals surface area contributed by atoms with Crippen molar-refractivity contribution in [2.45, 2.75) is 27.2 Å². The van der Waals surface area contributed by atoms with Gasteiger partial charge in [-0.25, -0.2) is 15.0 Å². The first kappa shape index (κ1) is 19.1. The first-order valence-electron chi connectivity index (χ1n) is 9.25. The fourth-order valence-corrected chi connectivity index (χ4v) is 3.50. The third-order valence-electron chi connectivity index (χ3n) is 4.77. The van der Waals surface area contributed by atoms with Crippen molar-refractivity contribution in [3.63, 3.8) is 0 Å². The molecule has 2 heterocycles. The minimum Gasteiger partial charge on any atom is -0.294 e. The summed E-state index contributed by atoms with van der Waals surface area (Å²) in [5, 5.41) is 4.66. The molecule has 6 nitrogen and oxygen atoms in total. The SMILES string of the molecule is Cc1ccc2c(C)nc(Nc3nc(C)c(Cc4cccc(Cl)c4)c(=O)[nH]3)nc2c1. The van der Waals surface area contributed by atoms with Gasteiger partial charge in [0.1, 0.15) is 0 Å². The molecule has 0 aliphatic rings. The molecule has 2 aromatic heterocycles. The summed E-state index contributed by atoms with van der Waals surface area (Å²) < 4.78 is 0. The lowest BCUT2D eigenvalue weighted by molar-refractivity contribution is 0.978. The maximum atomic E-state index is 12.7. The summed E-state index contributed by atoms with van der Waals surface area (Å²) in [6.45, 7) is 5.77. The third-order valence-corrected chi connectivity index (χ3v) is 5.00. The Bertz CT molecular complexity index is 1280. The molecule has 0 unspecified atom stereocenters. The van der Waals surface area contributed by atoms with Gasteiger partial charge in [-0.1, -0.05) is 35.9 Å². The number of rotatable bonds is 4. The van der Waals surface area contributed by atoms with Gasteiger partial charge in [-0.15, -0.1) is 0 Å². The lowest BCUT2D eigenvalue weighted by Gasteiger charge is -2.10. The zero-order valence-corrected chi connectivity index (χ0v) is 17.1. The monoisotopic (exact) mass is 405 g/mol. The summed E-state index contributed by atoms with van der Waals surface area (Å²) in [5.74, 6) is 0.708. The summed E-state index contributed by atoms with van der Waals surface area (Å²) in [4.78, 5) is 29.0. The van der Waals surface area contributed by atoms with Gasteiger partial charge < -0.3 is 0 Å². The summed E-state index contributed by atoms with van der Waals surface area (Å²) in [6.07, 6.45) is 0.458. The molecular weight excluding hydrogens is 386 g/mol. The van der Waals surface area contributed by atoms with Crippen LogP contribution in [-0.2, 0) is 6.42 Å². The predicted molar refractivity (Wildman–Crippen MR) is 116 cm³/mol. The van der Waals surface area contributed by atoms with Crippen molar-refractivity contribution in [2.24, 2.45) is 0 Å². The fourth-order valence-electron chi connectivity index (χ4n) is 3.29. The Balaban J connectivity index is 1.65. The van der Waals surface area contributed by atoms with Gasteiger partial charge in [0.2, 0.25) is 11.9 Å². The quantitative estimate of drug-likeness (QED) is 0.517. The maximum absolute atomic E-state index is 12.7. The molecule has 146 valence electrons. The molecule has 4 rings (SSSR count). The Hall–Kier alpha value is -3.25. The number of H-pyrrole nitrogens is 1. The Kier molecular flexibility index (Phi) is 5.03. The molecular formula is C22H20ClN5O. The molecule has 0 amide bonds. The predicted octanol–water partition coefficient (Wildman–Crippen LogP) is 4.63. The van der Waals surface area contributed by atoms with E-state index in [-0.39, 0.29) is 5.56 Å². The van der Waals surface area contributed by atoms with Gasteiger partial charge in [0.25, 0.3) is 5.56 Å². The number of fused-ring (bicyclic) bond motifs is 1. The molecule has 0 saturated heterocycles. The highest BCUT2D eigenvalue weighted by Gasteiger charge is 2.11. The van der Waals surface area contributed by atoms with Crippen LogP contribution in [0.15, 0.2) is 47.3 Å². The number of nitrogens with zero attached hydrogens (tertiary/aromatic N) is 3. The summed E-state index contributed by atoms with van der Waals surface area (Å²) in [6, 6.07) is 13.5. The number of halogens is 1. The molecule has 0 spiro atoms. The average Bonchev–Trinajstić information content (AvgIpc) is 2.64. The summed E-state index contributed by atoms with van der Waals surface area (Å²) >= 11 is 6.04. The van der Waals surface area contributed by atoms with E-state index in [9.17, 15) is 4.79 Å². The van der Waals surface area contributed by atoms with E-state index in [0.29, 0.717) is 34.6 Å². The van der Waals surface area contributed by atoms with Crippen molar-refractivity contribution in [1.82, 2.24) is 19.9 Å². The molecule has 4 aromatic rings. The van der Waals surface area contributed by atoms with Crippen LogP contribution >= 0.6 is 11.6 Å². The third kappa shape index (κ3) is 4.12. The summed E-state index contributed by atoms with van der Waals surface area (Å²) in [5.41, 5.74) is 4.82. The van der Waals surface area contributed by atoms with Crippen LogP contribution in [0.3, 0.4) is 0 Å². The molecule has 29 heavy (non-hydrogen) atoms. The van der Waals surface area contributed by atoms with Crippen molar-refractivity contribution < 1.29 is 0 Å². The Morgan fingerprint density at radius 3 is 2.59 bits per heavy atom. The van der Waals surface area contributed by atoms with E-state index in [1.807, 2.05) is 57.2 Å². The van der Waals surface area contributed by atoms with Crippen molar-refractivity contribution in [2.75, 3.05) is 5.32 Å². The minimum absolute atomic E-state index is 0.201. The maximum Gasteiger partial charge on any atom is 0.256 e. The molecule has 0 bridgehead atoms. The van der Waals surface area contributed by atoms with Crippen LogP contribution in [0.1, 0.15) is 28.1 Å². The van der Waals surface area contributed by atoms with E-state index in [0.717, 1.165) is 27.7 Å². The minimum atomic E-state index is -0.201. The molecule has 0 aliphatic heterocycles. The van der Waals surface area contributed by atoms with Gasteiger partial charge >= 0.3 is 0 Å². The molecule has 0 aliphatic carbocycles. The van der Waals surface area contributed by atoms with Crippen LogP contribution in [0.25, 0.3) is 10.9 Å². The number of aromatic amines is 1. The molecule has 2 N–H and O–H groups in total.